The molecule has 0 aromatic heterocycles. The molecule has 0 unspecified atom stereocenters. The van der Waals surface area contributed by atoms with E-state index in [9.17, 15) is 14.4 Å². The summed E-state index contributed by atoms with van der Waals surface area (Å²) >= 11 is 0. The molecule has 162 valence electrons. The van der Waals surface area contributed by atoms with Gasteiger partial charge in [-0.1, -0.05) is 76.8 Å². The topological polar surface area (TPSA) is 111 Å². The number of nitrogens with one attached hydrogen (secondary N) is 2. The summed E-state index contributed by atoms with van der Waals surface area (Å²) < 4.78 is 5.21. The van der Waals surface area contributed by atoms with Crippen molar-refractivity contribution in [3.8, 4) is 0 Å². The van der Waals surface area contributed by atoms with Crippen molar-refractivity contribution in [1.82, 2.24) is 10.6 Å². The maximum Gasteiger partial charge on any atom is 0.408 e. The lowest BCUT2D eigenvalue weighted by Crippen LogP contribution is -2.53. The molecule has 0 bridgehead atoms. The van der Waals surface area contributed by atoms with Gasteiger partial charge >= 0.3 is 6.09 Å². The number of hydrogen-bond acceptors (Lipinski definition) is 4. The highest BCUT2D eigenvalue weighted by Crippen LogP contribution is 2.09. The Hall–Kier alpha value is -2.57. The lowest BCUT2D eigenvalue weighted by molar-refractivity contribution is -0.129. The lowest BCUT2D eigenvalue weighted by atomic mass is 10.0. The molecule has 0 fully saturated rings. The molecule has 1 rings (SSSR count). The van der Waals surface area contributed by atoms with Gasteiger partial charge in [0.15, 0.2) is 0 Å². The number of rotatable bonds is 13. The van der Waals surface area contributed by atoms with Gasteiger partial charge in [0.2, 0.25) is 11.8 Å². The van der Waals surface area contributed by atoms with Crippen LogP contribution in [0, 0.1) is 5.92 Å². The molecule has 0 radical (unpaired) electrons. The quantitative estimate of drug-likeness (QED) is 0.437. The Morgan fingerprint density at radius 3 is 2.28 bits per heavy atom. The minimum absolute atomic E-state index is 0.115. The molecule has 0 saturated carbocycles. The van der Waals surface area contributed by atoms with Gasteiger partial charge in [-0.05, 0) is 24.3 Å². The number of ether oxygens (including phenoxy) is 1. The molecule has 29 heavy (non-hydrogen) atoms. The number of nitrogens with two attached hydrogens (primary N) is 1. The second-order valence-corrected chi connectivity index (χ2v) is 7.70. The summed E-state index contributed by atoms with van der Waals surface area (Å²) in [5.41, 5.74) is 6.30. The number of amides is 3. The molecule has 1 aromatic rings. The maximum atomic E-state index is 12.7. The predicted octanol–water partition coefficient (Wildman–Crippen LogP) is 3.27. The first kappa shape index (κ1) is 24.5. The minimum Gasteiger partial charge on any atom is -0.445 e. The molecule has 7 nitrogen and oxygen atoms in total. The average Bonchev–Trinajstić information content (AvgIpc) is 2.68. The fourth-order valence-electron chi connectivity index (χ4n) is 2.94. The van der Waals surface area contributed by atoms with Crippen molar-refractivity contribution in [1.29, 1.82) is 0 Å². The van der Waals surface area contributed by atoms with Crippen LogP contribution in [0.2, 0.25) is 0 Å². The zero-order valence-corrected chi connectivity index (χ0v) is 17.8. The molecule has 2 atom stereocenters. The Morgan fingerprint density at radius 2 is 1.69 bits per heavy atom. The minimum atomic E-state index is -0.796. The first-order chi connectivity index (χ1) is 13.8. The van der Waals surface area contributed by atoms with Crippen molar-refractivity contribution < 1.29 is 19.1 Å². The predicted molar refractivity (Wildman–Crippen MR) is 113 cm³/mol. The smallest absolute Gasteiger partial charge is 0.408 e. The Balaban J connectivity index is 2.62. The summed E-state index contributed by atoms with van der Waals surface area (Å²) in [5, 5.41) is 5.31. The summed E-state index contributed by atoms with van der Waals surface area (Å²) in [5.74, 6) is -0.823. The average molecular weight is 406 g/mol. The molecular weight excluding hydrogens is 370 g/mol. The number of unbranched alkanes of at least 4 members (excludes halogenated alkanes) is 3. The Kier molecular flexibility index (Phi) is 11.5. The van der Waals surface area contributed by atoms with E-state index in [1.165, 1.54) is 0 Å². The van der Waals surface area contributed by atoms with E-state index in [2.05, 4.69) is 17.6 Å². The third kappa shape index (κ3) is 10.5. The van der Waals surface area contributed by atoms with E-state index in [-0.39, 0.29) is 12.5 Å². The van der Waals surface area contributed by atoms with Gasteiger partial charge in [0, 0.05) is 0 Å². The fraction of sp³-hybridized carbons (Fsp3) is 0.591. The Bertz CT molecular complexity index is 634. The first-order valence-corrected chi connectivity index (χ1v) is 10.4. The molecule has 1 aromatic carbocycles. The first-order valence-electron chi connectivity index (χ1n) is 10.4. The van der Waals surface area contributed by atoms with Gasteiger partial charge in [0.1, 0.15) is 18.7 Å². The summed E-state index contributed by atoms with van der Waals surface area (Å²) in [4.78, 5) is 36.6. The van der Waals surface area contributed by atoms with Crippen molar-refractivity contribution in [3.63, 3.8) is 0 Å². The van der Waals surface area contributed by atoms with Crippen LogP contribution in [-0.2, 0) is 20.9 Å². The molecule has 0 aliphatic rings. The van der Waals surface area contributed by atoms with Crippen LogP contribution in [0.25, 0.3) is 0 Å². The molecule has 0 spiro atoms. The number of benzene rings is 1. The second-order valence-electron chi connectivity index (χ2n) is 7.70. The molecule has 0 aliphatic heterocycles. The molecule has 0 aliphatic carbocycles. The monoisotopic (exact) mass is 405 g/mol. The summed E-state index contributed by atoms with van der Waals surface area (Å²) in [7, 11) is 0. The van der Waals surface area contributed by atoms with Gasteiger partial charge in [-0.3, -0.25) is 9.59 Å². The normalized spacial score (nSPS) is 12.8. The van der Waals surface area contributed by atoms with E-state index in [1.807, 2.05) is 44.2 Å². The lowest BCUT2D eigenvalue weighted by Gasteiger charge is -2.23. The molecule has 7 heteroatoms. The van der Waals surface area contributed by atoms with Gasteiger partial charge in [0.05, 0.1) is 0 Å². The van der Waals surface area contributed by atoms with Gasteiger partial charge in [0.25, 0.3) is 0 Å². The van der Waals surface area contributed by atoms with Crippen molar-refractivity contribution >= 4 is 17.9 Å². The van der Waals surface area contributed by atoms with E-state index < -0.39 is 30.0 Å². The van der Waals surface area contributed by atoms with Crippen LogP contribution < -0.4 is 16.4 Å². The van der Waals surface area contributed by atoms with Gasteiger partial charge in [-0.2, -0.15) is 0 Å². The van der Waals surface area contributed by atoms with Crippen molar-refractivity contribution in [2.75, 3.05) is 0 Å². The highest BCUT2D eigenvalue weighted by atomic mass is 16.5. The zero-order valence-electron chi connectivity index (χ0n) is 17.8. The summed E-state index contributed by atoms with van der Waals surface area (Å²) in [6.07, 6.45) is 4.19. The molecular formula is C22H35N3O4. The third-order valence-electron chi connectivity index (χ3n) is 4.53. The fourth-order valence-corrected chi connectivity index (χ4v) is 2.94. The van der Waals surface area contributed by atoms with Gasteiger partial charge in [-0.15, -0.1) is 0 Å². The van der Waals surface area contributed by atoms with Crippen LogP contribution in [0.4, 0.5) is 4.79 Å². The number of primary amides is 1. The van der Waals surface area contributed by atoms with E-state index in [0.717, 1.165) is 31.2 Å². The van der Waals surface area contributed by atoms with Crippen molar-refractivity contribution in [2.45, 2.75) is 78.0 Å². The van der Waals surface area contributed by atoms with Crippen LogP contribution in [-0.4, -0.2) is 30.0 Å². The number of carbonyl (C=O) groups is 3. The maximum absolute atomic E-state index is 12.7. The van der Waals surface area contributed by atoms with E-state index in [4.69, 9.17) is 10.5 Å². The van der Waals surface area contributed by atoms with Gasteiger partial charge < -0.3 is 21.1 Å². The van der Waals surface area contributed by atoms with Gasteiger partial charge in [-0.25, -0.2) is 4.79 Å². The molecule has 0 saturated heterocycles. The van der Waals surface area contributed by atoms with E-state index in [0.29, 0.717) is 12.8 Å². The van der Waals surface area contributed by atoms with Crippen LogP contribution in [0.3, 0.4) is 0 Å². The number of hydrogen-bond donors (Lipinski definition) is 3. The third-order valence-corrected chi connectivity index (χ3v) is 4.53. The van der Waals surface area contributed by atoms with Crippen molar-refractivity contribution in [3.05, 3.63) is 35.9 Å². The molecule has 0 heterocycles. The number of alkyl carbamates (subject to hydrolysis) is 1. The number of carbonyl (C=O) groups excluding carboxylic acids is 3. The SMILES string of the molecule is CCCCCC[C@@H](NC(=O)[C@H](CC(C)C)NC(=O)OCc1ccccc1)C(N)=O. The van der Waals surface area contributed by atoms with Crippen LogP contribution in [0.1, 0.15) is 64.9 Å². The van der Waals surface area contributed by atoms with Crippen molar-refractivity contribution in [2.24, 2.45) is 11.7 Å². The van der Waals surface area contributed by atoms with Crippen LogP contribution in [0.5, 0.6) is 0 Å². The van der Waals surface area contributed by atoms with E-state index >= 15 is 0 Å². The van der Waals surface area contributed by atoms with Crippen LogP contribution >= 0.6 is 0 Å². The van der Waals surface area contributed by atoms with Crippen LogP contribution in [0.15, 0.2) is 30.3 Å². The second kappa shape index (κ2) is 13.6. The molecule has 4 N–H and O–H groups in total. The highest BCUT2D eigenvalue weighted by molar-refractivity contribution is 5.90. The Morgan fingerprint density at radius 1 is 1.00 bits per heavy atom. The summed E-state index contributed by atoms with van der Waals surface area (Å²) in [6, 6.07) is 7.76. The zero-order chi connectivity index (χ0) is 21.6. The Labute approximate surface area is 173 Å². The summed E-state index contributed by atoms with van der Waals surface area (Å²) in [6.45, 7) is 6.12. The largest absolute Gasteiger partial charge is 0.445 e. The van der Waals surface area contributed by atoms with E-state index in [1.54, 1.807) is 0 Å². The molecule has 3 amide bonds. The standard InChI is InChI=1S/C22H35N3O4/c1-4-5-6-10-13-18(20(23)26)24-21(27)19(14-16(2)3)25-22(28)29-15-17-11-8-7-9-12-17/h7-9,11-12,16,18-19H,4-6,10,13-15H2,1-3H3,(H2,23,26)(H,24,27)(H,25,28)/t18-,19+/m1/s1. The highest BCUT2D eigenvalue weighted by Gasteiger charge is 2.26.